The molecule has 2 rings (SSSR count). The van der Waals surface area contributed by atoms with Crippen LogP contribution in [0.2, 0.25) is 0 Å². The monoisotopic (exact) mass is 328 g/mol. The molecule has 1 aromatic rings. The Morgan fingerprint density at radius 2 is 2.21 bits per heavy atom. The summed E-state index contributed by atoms with van der Waals surface area (Å²) in [5.41, 5.74) is 0.491. The van der Waals surface area contributed by atoms with E-state index in [1.807, 2.05) is 6.92 Å². The third-order valence-electron chi connectivity index (χ3n) is 2.95. The molecule has 6 heteroatoms. The van der Waals surface area contributed by atoms with Crippen molar-refractivity contribution >= 4 is 33.4 Å². The number of hydrogen-bond acceptors (Lipinski definition) is 3. The number of carbonyl (C=O) groups excluding carboxylic acids is 2. The first-order chi connectivity index (χ1) is 9.02. The van der Waals surface area contributed by atoms with Gasteiger partial charge in [-0.05, 0) is 40.5 Å². The molecule has 19 heavy (non-hydrogen) atoms. The number of benzene rings is 1. The second-order valence-corrected chi connectivity index (χ2v) is 5.27. The van der Waals surface area contributed by atoms with Gasteiger partial charge in [-0.3, -0.25) is 14.5 Å². The molecular formula is C13H14BrFN2O2. The van der Waals surface area contributed by atoms with Crippen LogP contribution in [0.1, 0.15) is 19.8 Å². The number of likely N-dealkylation sites (tertiary alicyclic amines) is 1. The SMILES string of the molecule is CCCN1C(=O)CC(Nc2ccc(Br)c(F)c2)C1=O. The number of rotatable bonds is 4. The average Bonchev–Trinajstić information content (AvgIpc) is 2.62. The van der Waals surface area contributed by atoms with Crippen LogP contribution in [-0.2, 0) is 9.59 Å². The molecular weight excluding hydrogens is 315 g/mol. The van der Waals surface area contributed by atoms with Crippen LogP contribution in [0.25, 0.3) is 0 Å². The van der Waals surface area contributed by atoms with Crippen molar-refractivity contribution in [3.63, 3.8) is 0 Å². The van der Waals surface area contributed by atoms with E-state index in [1.54, 1.807) is 12.1 Å². The first-order valence-electron chi connectivity index (χ1n) is 6.08. The van der Waals surface area contributed by atoms with Gasteiger partial charge < -0.3 is 5.32 Å². The maximum absolute atomic E-state index is 13.4. The summed E-state index contributed by atoms with van der Waals surface area (Å²) in [6.45, 7) is 2.34. The van der Waals surface area contributed by atoms with Gasteiger partial charge in [0.25, 0.3) is 5.91 Å². The fraction of sp³-hybridized carbons (Fsp3) is 0.385. The number of hydrogen-bond donors (Lipinski definition) is 1. The number of imide groups is 1. The fourth-order valence-electron chi connectivity index (χ4n) is 2.04. The first-order valence-corrected chi connectivity index (χ1v) is 6.88. The first kappa shape index (κ1) is 14.0. The minimum Gasteiger partial charge on any atom is -0.373 e. The topological polar surface area (TPSA) is 49.4 Å². The molecule has 1 aliphatic heterocycles. The summed E-state index contributed by atoms with van der Waals surface area (Å²) in [4.78, 5) is 24.9. The van der Waals surface area contributed by atoms with Gasteiger partial charge in [0.2, 0.25) is 5.91 Å². The average molecular weight is 329 g/mol. The summed E-state index contributed by atoms with van der Waals surface area (Å²) in [6, 6.07) is 3.92. The van der Waals surface area contributed by atoms with Crippen LogP contribution in [0.15, 0.2) is 22.7 Å². The Labute approximate surface area is 119 Å². The molecule has 1 heterocycles. The number of halogens is 2. The lowest BCUT2D eigenvalue weighted by Crippen LogP contribution is -2.35. The van der Waals surface area contributed by atoms with Crippen LogP contribution in [0.5, 0.6) is 0 Å². The quantitative estimate of drug-likeness (QED) is 0.864. The Morgan fingerprint density at radius 3 is 2.84 bits per heavy atom. The van der Waals surface area contributed by atoms with Gasteiger partial charge in [0.05, 0.1) is 10.9 Å². The minimum absolute atomic E-state index is 0.122. The summed E-state index contributed by atoms with van der Waals surface area (Å²) in [5, 5.41) is 2.90. The van der Waals surface area contributed by atoms with E-state index in [9.17, 15) is 14.0 Å². The maximum Gasteiger partial charge on any atom is 0.252 e. The summed E-state index contributed by atoms with van der Waals surface area (Å²) < 4.78 is 13.7. The van der Waals surface area contributed by atoms with Crippen molar-refractivity contribution in [2.24, 2.45) is 0 Å². The van der Waals surface area contributed by atoms with Crippen molar-refractivity contribution in [1.29, 1.82) is 0 Å². The third-order valence-corrected chi connectivity index (χ3v) is 3.59. The molecule has 1 atom stereocenters. The van der Waals surface area contributed by atoms with E-state index >= 15 is 0 Å². The van der Waals surface area contributed by atoms with Crippen LogP contribution < -0.4 is 5.32 Å². The van der Waals surface area contributed by atoms with Gasteiger partial charge in [0.15, 0.2) is 0 Å². The van der Waals surface area contributed by atoms with Crippen LogP contribution in [-0.4, -0.2) is 29.3 Å². The zero-order chi connectivity index (χ0) is 14.0. The minimum atomic E-state index is -0.598. The smallest absolute Gasteiger partial charge is 0.252 e. The number of carbonyl (C=O) groups is 2. The summed E-state index contributed by atoms with van der Waals surface area (Å²) >= 11 is 3.06. The standard InChI is InChI=1S/C13H14BrFN2O2/c1-2-5-17-12(18)7-11(13(17)19)16-8-3-4-9(14)10(15)6-8/h3-4,6,11,16H,2,5,7H2,1H3. The van der Waals surface area contributed by atoms with Gasteiger partial charge in [-0.15, -0.1) is 0 Å². The molecule has 1 aromatic carbocycles. The highest BCUT2D eigenvalue weighted by Gasteiger charge is 2.37. The van der Waals surface area contributed by atoms with Crippen molar-refractivity contribution in [1.82, 2.24) is 4.90 Å². The molecule has 0 saturated carbocycles. The van der Waals surface area contributed by atoms with Crippen molar-refractivity contribution in [2.45, 2.75) is 25.8 Å². The largest absolute Gasteiger partial charge is 0.373 e. The van der Waals surface area contributed by atoms with E-state index in [2.05, 4.69) is 21.2 Å². The van der Waals surface area contributed by atoms with Crippen LogP contribution >= 0.6 is 15.9 Å². The van der Waals surface area contributed by atoms with Crippen LogP contribution in [0, 0.1) is 5.82 Å². The summed E-state index contributed by atoms with van der Waals surface area (Å²) in [5.74, 6) is -0.829. The molecule has 0 bridgehead atoms. The molecule has 0 radical (unpaired) electrons. The Kier molecular flexibility index (Phi) is 4.19. The Hall–Kier alpha value is -1.43. The molecule has 0 spiro atoms. The molecule has 1 saturated heterocycles. The number of anilines is 1. The second kappa shape index (κ2) is 5.69. The zero-order valence-corrected chi connectivity index (χ0v) is 12.0. The highest BCUT2D eigenvalue weighted by Crippen LogP contribution is 2.22. The summed E-state index contributed by atoms with van der Waals surface area (Å²) in [6.07, 6.45) is 0.855. The Bertz CT molecular complexity index is 521. The third kappa shape index (κ3) is 2.94. The molecule has 102 valence electrons. The molecule has 0 aromatic heterocycles. The van der Waals surface area contributed by atoms with E-state index in [0.29, 0.717) is 16.7 Å². The van der Waals surface area contributed by atoms with Gasteiger partial charge >= 0.3 is 0 Å². The lowest BCUT2D eigenvalue weighted by atomic mass is 10.2. The normalized spacial score (nSPS) is 19.1. The Morgan fingerprint density at radius 1 is 1.47 bits per heavy atom. The van der Waals surface area contributed by atoms with E-state index in [-0.39, 0.29) is 18.2 Å². The number of nitrogens with zero attached hydrogens (tertiary/aromatic N) is 1. The van der Waals surface area contributed by atoms with Crippen molar-refractivity contribution in [3.05, 3.63) is 28.5 Å². The van der Waals surface area contributed by atoms with Gasteiger partial charge in [0, 0.05) is 12.2 Å². The van der Waals surface area contributed by atoms with Crippen LogP contribution in [0.3, 0.4) is 0 Å². The van der Waals surface area contributed by atoms with Crippen LogP contribution in [0.4, 0.5) is 10.1 Å². The molecule has 2 amide bonds. The van der Waals surface area contributed by atoms with Gasteiger partial charge in [0.1, 0.15) is 11.9 Å². The molecule has 0 aliphatic carbocycles. The predicted molar refractivity (Wildman–Crippen MR) is 73.1 cm³/mol. The van der Waals surface area contributed by atoms with E-state index < -0.39 is 11.9 Å². The van der Waals surface area contributed by atoms with Crippen molar-refractivity contribution in [3.8, 4) is 0 Å². The predicted octanol–water partition coefficient (Wildman–Crippen LogP) is 2.54. The second-order valence-electron chi connectivity index (χ2n) is 4.41. The van der Waals surface area contributed by atoms with Crippen molar-refractivity contribution in [2.75, 3.05) is 11.9 Å². The Balaban J connectivity index is 2.09. The lowest BCUT2D eigenvalue weighted by Gasteiger charge is -2.15. The molecule has 1 aliphatic rings. The van der Waals surface area contributed by atoms with Gasteiger partial charge in [-0.1, -0.05) is 6.92 Å². The molecule has 1 N–H and O–H groups in total. The van der Waals surface area contributed by atoms with E-state index in [0.717, 1.165) is 6.42 Å². The highest BCUT2D eigenvalue weighted by molar-refractivity contribution is 9.10. The maximum atomic E-state index is 13.4. The van der Waals surface area contributed by atoms with Gasteiger partial charge in [-0.2, -0.15) is 0 Å². The number of nitrogens with one attached hydrogen (secondary N) is 1. The highest BCUT2D eigenvalue weighted by atomic mass is 79.9. The zero-order valence-electron chi connectivity index (χ0n) is 10.5. The molecule has 1 unspecified atom stereocenters. The lowest BCUT2D eigenvalue weighted by molar-refractivity contribution is -0.138. The molecule has 1 fully saturated rings. The summed E-state index contributed by atoms with van der Waals surface area (Å²) in [7, 11) is 0. The van der Waals surface area contributed by atoms with Crippen molar-refractivity contribution < 1.29 is 14.0 Å². The van der Waals surface area contributed by atoms with E-state index in [4.69, 9.17) is 0 Å². The van der Waals surface area contributed by atoms with Gasteiger partial charge in [-0.25, -0.2) is 4.39 Å². The number of amides is 2. The fourth-order valence-corrected chi connectivity index (χ4v) is 2.29. The van der Waals surface area contributed by atoms with E-state index in [1.165, 1.54) is 11.0 Å². The molecule has 4 nitrogen and oxygen atoms in total.